The van der Waals surface area contributed by atoms with Crippen LogP contribution in [-0.4, -0.2) is 12.1 Å². The van der Waals surface area contributed by atoms with E-state index in [1.165, 1.54) is 21.9 Å². The van der Waals surface area contributed by atoms with Crippen LogP contribution in [0.4, 0.5) is 0 Å². The summed E-state index contributed by atoms with van der Waals surface area (Å²) in [7, 11) is 1.70. The lowest BCUT2D eigenvalue weighted by molar-refractivity contribution is 0.415. The Bertz CT molecular complexity index is 624. The molecule has 1 aromatic heterocycles. The van der Waals surface area contributed by atoms with Gasteiger partial charge in [-0.05, 0) is 42.3 Å². The van der Waals surface area contributed by atoms with Gasteiger partial charge < -0.3 is 9.72 Å². The number of ether oxygens (including phenoxy) is 1. The fraction of sp³-hybridized carbons (Fsp3) is 0.200. The van der Waals surface area contributed by atoms with Crippen LogP contribution in [0.25, 0.3) is 21.8 Å². The molecular formula is C15H15NO. The van der Waals surface area contributed by atoms with Gasteiger partial charge in [0.15, 0.2) is 0 Å². The Labute approximate surface area is 100 Å². The Balaban J connectivity index is 2.37. The van der Waals surface area contributed by atoms with E-state index < -0.39 is 0 Å². The molecule has 17 heavy (non-hydrogen) atoms. The summed E-state index contributed by atoms with van der Waals surface area (Å²) in [6.45, 7) is 2.18. The number of aromatic nitrogens is 1. The summed E-state index contributed by atoms with van der Waals surface area (Å²) in [5.41, 5.74) is 3.71. The van der Waals surface area contributed by atoms with Crippen molar-refractivity contribution < 1.29 is 4.74 Å². The van der Waals surface area contributed by atoms with Gasteiger partial charge in [0.25, 0.3) is 0 Å². The monoisotopic (exact) mass is 225 g/mol. The van der Waals surface area contributed by atoms with Crippen molar-refractivity contribution in [3.63, 3.8) is 0 Å². The number of fused-ring (bicyclic) bond motifs is 3. The standard InChI is InChI=1S/C15H15NO/c1-3-10-4-6-14-12(8-10)13-9-11(17-2)5-7-15(13)16-14/h4-9,16H,3H2,1-2H3. The molecule has 0 unspecified atom stereocenters. The lowest BCUT2D eigenvalue weighted by atomic mass is 10.1. The molecule has 0 aliphatic rings. The first-order valence-electron chi connectivity index (χ1n) is 5.90. The van der Waals surface area contributed by atoms with Crippen LogP contribution in [0.1, 0.15) is 12.5 Å². The molecule has 3 rings (SSSR count). The molecule has 2 heteroatoms. The van der Waals surface area contributed by atoms with Crippen molar-refractivity contribution in [2.45, 2.75) is 13.3 Å². The minimum absolute atomic E-state index is 0.903. The lowest BCUT2D eigenvalue weighted by Gasteiger charge is -1.99. The van der Waals surface area contributed by atoms with Crippen LogP contribution in [0.15, 0.2) is 36.4 Å². The average molecular weight is 225 g/mol. The predicted octanol–water partition coefficient (Wildman–Crippen LogP) is 3.89. The van der Waals surface area contributed by atoms with Crippen molar-refractivity contribution >= 4 is 21.8 Å². The maximum absolute atomic E-state index is 5.28. The summed E-state index contributed by atoms with van der Waals surface area (Å²) in [6.07, 6.45) is 1.06. The summed E-state index contributed by atoms with van der Waals surface area (Å²) in [4.78, 5) is 3.43. The normalized spacial score (nSPS) is 11.2. The van der Waals surface area contributed by atoms with Crippen molar-refractivity contribution in [3.8, 4) is 5.75 Å². The van der Waals surface area contributed by atoms with Crippen molar-refractivity contribution in [2.24, 2.45) is 0 Å². The molecule has 0 saturated heterocycles. The second-order valence-corrected chi connectivity index (χ2v) is 4.27. The molecule has 0 fully saturated rings. The smallest absolute Gasteiger partial charge is 0.119 e. The fourth-order valence-electron chi connectivity index (χ4n) is 2.27. The minimum atomic E-state index is 0.903. The molecule has 2 aromatic carbocycles. The predicted molar refractivity (Wildman–Crippen MR) is 71.7 cm³/mol. The largest absolute Gasteiger partial charge is 0.497 e. The molecule has 2 nitrogen and oxygen atoms in total. The Hall–Kier alpha value is -1.96. The zero-order valence-corrected chi connectivity index (χ0v) is 10.1. The van der Waals surface area contributed by atoms with Crippen molar-refractivity contribution in [3.05, 3.63) is 42.0 Å². The minimum Gasteiger partial charge on any atom is -0.497 e. The summed E-state index contributed by atoms with van der Waals surface area (Å²) in [6, 6.07) is 12.7. The lowest BCUT2D eigenvalue weighted by Crippen LogP contribution is -1.81. The van der Waals surface area contributed by atoms with Gasteiger partial charge >= 0.3 is 0 Å². The van der Waals surface area contributed by atoms with Crippen LogP contribution >= 0.6 is 0 Å². The molecule has 0 aliphatic heterocycles. The van der Waals surface area contributed by atoms with Crippen LogP contribution < -0.4 is 4.74 Å². The average Bonchev–Trinajstić information content (AvgIpc) is 2.75. The molecule has 3 aromatic rings. The van der Waals surface area contributed by atoms with E-state index in [-0.39, 0.29) is 0 Å². The molecule has 0 amide bonds. The highest BCUT2D eigenvalue weighted by Gasteiger charge is 2.05. The van der Waals surface area contributed by atoms with E-state index in [0.717, 1.165) is 17.7 Å². The molecule has 0 atom stereocenters. The van der Waals surface area contributed by atoms with Gasteiger partial charge in [0.1, 0.15) is 5.75 Å². The quantitative estimate of drug-likeness (QED) is 0.703. The third-order valence-corrected chi connectivity index (χ3v) is 3.28. The fourth-order valence-corrected chi connectivity index (χ4v) is 2.27. The van der Waals surface area contributed by atoms with E-state index >= 15 is 0 Å². The Morgan fingerprint density at radius 2 is 1.71 bits per heavy atom. The highest BCUT2D eigenvalue weighted by atomic mass is 16.5. The van der Waals surface area contributed by atoms with E-state index in [1.807, 2.05) is 6.07 Å². The number of rotatable bonds is 2. The van der Waals surface area contributed by atoms with Gasteiger partial charge in [0, 0.05) is 21.8 Å². The van der Waals surface area contributed by atoms with E-state index in [1.54, 1.807) is 7.11 Å². The van der Waals surface area contributed by atoms with Crippen LogP contribution in [-0.2, 0) is 6.42 Å². The van der Waals surface area contributed by atoms with Crippen molar-refractivity contribution in [2.75, 3.05) is 7.11 Å². The summed E-state index contributed by atoms with van der Waals surface area (Å²) in [5, 5.41) is 2.51. The van der Waals surface area contributed by atoms with E-state index in [9.17, 15) is 0 Å². The number of H-pyrrole nitrogens is 1. The molecule has 1 N–H and O–H groups in total. The maximum Gasteiger partial charge on any atom is 0.119 e. The number of hydrogen-bond acceptors (Lipinski definition) is 1. The van der Waals surface area contributed by atoms with E-state index in [0.29, 0.717) is 0 Å². The van der Waals surface area contributed by atoms with Gasteiger partial charge in [0.2, 0.25) is 0 Å². The van der Waals surface area contributed by atoms with Gasteiger partial charge in [-0.3, -0.25) is 0 Å². The SMILES string of the molecule is CCc1ccc2[nH]c3ccc(OC)cc3c2c1. The molecule has 0 aliphatic carbocycles. The number of aryl methyl sites for hydroxylation is 1. The second-order valence-electron chi connectivity index (χ2n) is 4.27. The van der Waals surface area contributed by atoms with Crippen LogP contribution in [0.5, 0.6) is 5.75 Å². The Kier molecular flexibility index (Phi) is 2.29. The van der Waals surface area contributed by atoms with Crippen LogP contribution in [0.2, 0.25) is 0 Å². The Morgan fingerprint density at radius 1 is 1.00 bits per heavy atom. The van der Waals surface area contributed by atoms with Crippen molar-refractivity contribution in [1.82, 2.24) is 4.98 Å². The molecule has 86 valence electrons. The Morgan fingerprint density at radius 3 is 2.41 bits per heavy atom. The highest BCUT2D eigenvalue weighted by molar-refractivity contribution is 6.07. The molecule has 0 bridgehead atoms. The first-order chi connectivity index (χ1) is 8.31. The van der Waals surface area contributed by atoms with Crippen LogP contribution in [0, 0.1) is 0 Å². The number of benzene rings is 2. The molecular weight excluding hydrogens is 210 g/mol. The van der Waals surface area contributed by atoms with E-state index in [2.05, 4.69) is 42.2 Å². The number of nitrogens with one attached hydrogen (secondary N) is 1. The highest BCUT2D eigenvalue weighted by Crippen LogP contribution is 2.29. The maximum atomic E-state index is 5.28. The summed E-state index contributed by atoms with van der Waals surface area (Å²) < 4.78 is 5.28. The third kappa shape index (κ3) is 1.57. The van der Waals surface area contributed by atoms with Gasteiger partial charge in [-0.2, -0.15) is 0 Å². The zero-order valence-electron chi connectivity index (χ0n) is 10.1. The topological polar surface area (TPSA) is 25.0 Å². The number of aromatic amines is 1. The van der Waals surface area contributed by atoms with Gasteiger partial charge in [-0.25, -0.2) is 0 Å². The molecule has 0 saturated carbocycles. The zero-order chi connectivity index (χ0) is 11.8. The second kappa shape index (κ2) is 3.81. The van der Waals surface area contributed by atoms with Crippen molar-refractivity contribution in [1.29, 1.82) is 0 Å². The van der Waals surface area contributed by atoms with E-state index in [4.69, 9.17) is 4.74 Å². The molecule has 0 radical (unpaired) electrons. The summed E-state index contributed by atoms with van der Waals surface area (Å²) >= 11 is 0. The molecule has 0 spiro atoms. The first-order valence-corrected chi connectivity index (χ1v) is 5.90. The summed E-state index contributed by atoms with van der Waals surface area (Å²) in [5.74, 6) is 0.903. The number of methoxy groups -OCH3 is 1. The van der Waals surface area contributed by atoms with Crippen LogP contribution in [0.3, 0.4) is 0 Å². The van der Waals surface area contributed by atoms with Gasteiger partial charge in [0.05, 0.1) is 7.11 Å². The number of hydrogen-bond donors (Lipinski definition) is 1. The van der Waals surface area contributed by atoms with Gasteiger partial charge in [-0.1, -0.05) is 13.0 Å². The molecule has 1 heterocycles. The third-order valence-electron chi connectivity index (χ3n) is 3.28. The van der Waals surface area contributed by atoms with Gasteiger partial charge in [-0.15, -0.1) is 0 Å². The first kappa shape index (κ1) is 10.2.